The van der Waals surface area contributed by atoms with E-state index in [9.17, 15) is 4.79 Å². The Kier molecular flexibility index (Phi) is 2.72. The van der Waals surface area contributed by atoms with E-state index >= 15 is 0 Å². The van der Waals surface area contributed by atoms with Crippen LogP contribution < -0.4 is 0 Å². The average molecular weight is 235 g/mol. The molecule has 0 atom stereocenters. The lowest BCUT2D eigenvalue weighted by molar-refractivity contribution is 0.0792. The predicted molar refractivity (Wildman–Crippen MR) is 66.1 cm³/mol. The zero-order chi connectivity index (χ0) is 11.0. The van der Waals surface area contributed by atoms with Crippen LogP contribution in [0.15, 0.2) is 5.38 Å². The Balaban J connectivity index is 1.88. The van der Waals surface area contributed by atoms with Crippen molar-refractivity contribution in [2.24, 2.45) is 0 Å². The van der Waals surface area contributed by atoms with Gasteiger partial charge in [-0.2, -0.15) is 0 Å². The first-order chi connectivity index (χ1) is 7.86. The molecule has 2 heterocycles. The van der Waals surface area contributed by atoms with Gasteiger partial charge < -0.3 is 4.90 Å². The van der Waals surface area contributed by atoms with Crippen molar-refractivity contribution in [3.63, 3.8) is 0 Å². The van der Waals surface area contributed by atoms with E-state index in [2.05, 4.69) is 5.38 Å². The smallest absolute Gasteiger partial charge is 0.254 e. The molecule has 0 radical (unpaired) electrons. The van der Waals surface area contributed by atoms with Crippen LogP contribution in [0.5, 0.6) is 0 Å². The van der Waals surface area contributed by atoms with E-state index in [0.717, 1.165) is 25.1 Å². The van der Waals surface area contributed by atoms with Crippen LogP contribution in [0, 0.1) is 0 Å². The molecule has 1 saturated heterocycles. The van der Waals surface area contributed by atoms with Gasteiger partial charge in [-0.3, -0.25) is 4.79 Å². The van der Waals surface area contributed by atoms with Crippen molar-refractivity contribution in [1.29, 1.82) is 0 Å². The standard InChI is InChI=1S/C13H17NOS/c15-13(14-7-3-4-8-14)11-9-16-12-6-2-1-5-10(11)12/h9H,1-8H2. The molecule has 16 heavy (non-hydrogen) atoms. The van der Waals surface area contributed by atoms with Crippen LogP contribution in [0.3, 0.4) is 0 Å². The van der Waals surface area contributed by atoms with Crippen molar-refractivity contribution in [2.75, 3.05) is 13.1 Å². The fourth-order valence-corrected chi connectivity index (χ4v) is 3.88. The Labute approximate surface area is 100 Å². The molecule has 0 saturated carbocycles. The van der Waals surface area contributed by atoms with E-state index in [1.165, 1.54) is 42.5 Å². The summed E-state index contributed by atoms with van der Waals surface area (Å²) in [5, 5.41) is 2.09. The highest BCUT2D eigenvalue weighted by molar-refractivity contribution is 7.10. The van der Waals surface area contributed by atoms with Crippen molar-refractivity contribution < 1.29 is 4.79 Å². The zero-order valence-electron chi connectivity index (χ0n) is 9.50. The molecular weight excluding hydrogens is 218 g/mol. The Morgan fingerprint density at radius 2 is 1.88 bits per heavy atom. The fraction of sp³-hybridized carbons (Fsp3) is 0.615. The summed E-state index contributed by atoms with van der Waals surface area (Å²) in [5.74, 6) is 0.289. The van der Waals surface area contributed by atoms with Gasteiger partial charge in [0.15, 0.2) is 0 Å². The molecule has 2 nitrogen and oxygen atoms in total. The molecule has 86 valence electrons. The highest BCUT2D eigenvalue weighted by atomic mass is 32.1. The number of nitrogens with zero attached hydrogens (tertiary/aromatic N) is 1. The fourth-order valence-electron chi connectivity index (χ4n) is 2.76. The van der Waals surface area contributed by atoms with E-state index in [1.54, 1.807) is 11.3 Å². The second-order valence-electron chi connectivity index (χ2n) is 4.76. The molecule has 3 heteroatoms. The van der Waals surface area contributed by atoms with Gasteiger partial charge in [-0.1, -0.05) is 0 Å². The van der Waals surface area contributed by atoms with Crippen molar-refractivity contribution in [3.05, 3.63) is 21.4 Å². The first-order valence-electron chi connectivity index (χ1n) is 6.25. The first kappa shape index (κ1) is 10.3. The highest BCUT2D eigenvalue weighted by Crippen LogP contribution is 2.31. The van der Waals surface area contributed by atoms with Gasteiger partial charge in [0, 0.05) is 23.3 Å². The third-order valence-electron chi connectivity index (χ3n) is 3.69. The second-order valence-corrected chi connectivity index (χ2v) is 5.72. The van der Waals surface area contributed by atoms with E-state index < -0.39 is 0 Å². The Hall–Kier alpha value is -0.830. The van der Waals surface area contributed by atoms with Crippen LogP contribution in [0.4, 0.5) is 0 Å². The SMILES string of the molecule is O=C(c1csc2c1CCCC2)N1CCCC1. The third kappa shape index (κ3) is 1.67. The molecule has 1 amide bonds. The number of fused-ring (bicyclic) bond motifs is 1. The van der Waals surface area contributed by atoms with Crippen LogP contribution in [0.2, 0.25) is 0 Å². The molecule has 1 aliphatic carbocycles. The molecule has 1 aromatic rings. The number of likely N-dealkylation sites (tertiary alicyclic amines) is 1. The summed E-state index contributed by atoms with van der Waals surface area (Å²) in [7, 11) is 0. The molecule has 3 rings (SSSR count). The van der Waals surface area contributed by atoms with Crippen molar-refractivity contribution in [1.82, 2.24) is 4.90 Å². The molecule has 0 spiro atoms. The summed E-state index contributed by atoms with van der Waals surface area (Å²) in [5.41, 5.74) is 2.38. The van der Waals surface area contributed by atoms with Crippen molar-refractivity contribution >= 4 is 17.2 Å². The molecule has 1 aromatic heterocycles. The average Bonchev–Trinajstić information content (AvgIpc) is 2.98. The third-order valence-corrected chi connectivity index (χ3v) is 4.77. The van der Waals surface area contributed by atoms with Gasteiger partial charge in [0.1, 0.15) is 0 Å². The highest BCUT2D eigenvalue weighted by Gasteiger charge is 2.25. The van der Waals surface area contributed by atoms with Crippen LogP contribution in [-0.2, 0) is 12.8 Å². The Bertz CT molecular complexity index is 404. The maximum absolute atomic E-state index is 12.3. The molecule has 0 unspecified atom stereocenters. The van der Waals surface area contributed by atoms with E-state index in [0.29, 0.717) is 0 Å². The molecular formula is C13H17NOS. The largest absolute Gasteiger partial charge is 0.339 e. The van der Waals surface area contributed by atoms with Crippen molar-refractivity contribution in [3.8, 4) is 0 Å². The lowest BCUT2D eigenvalue weighted by atomic mass is 9.95. The van der Waals surface area contributed by atoms with Crippen LogP contribution in [0.1, 0.15) is 46.5 Å². The van der Waals surface area contributed by atoms with Crippen LogP contribution >= 0.6 is 11.3 Å². The van der Waals surface area contributed by atoms with Gasteiger partial charge in [0.2, 0.25) is 0 Å². The van der Waals surface area contributed by atoms with Gasteiger partial charge in [-0.25, -0.2) is 0 Å². The van der Waals surface area contributed by atoms with Crippen molar-refractivity contribution in [2.45, 2.75) is 38.5 Å². The number of aryl methyl sites for hydroxylation is 1. The van der Waals surface area contributed by atoms with Gasteiger partial charge in [-0.05, 0) is 44.1 Å². The summed E-state index contributed by atoms with van der Waals surface area (Å²) in [6, 6.07) is 0. The normalized spacial score (nSPS) is 19.9. The van der Waals surface area contributed by atoms with Gasteiger partial charge >= 0.3 is 0 Å². The maximum Gasteiger partial charge on any atom is 0.254 e. The number of thiophene rings is 1. The number of amides is 1. The first-order valence-corrected chi connectivity index (χ1v) is 7.13. The number of carbonyl (C=O) groups is 1. The monoisotopic (exact) mass is 235 g/mol. The Morgan fingerprint density at radius 3 is 2.69 bits per heavy atom. The molecule has 0 bridgehead atoms. The summed E-state index contributed by atoms with van der Waals surface area (Å²) in [4.78, 5) is 15.8. The summed E-state index contributed by atoms with van der Waals surface area (Å²) in [6.45, 7) is 1.92. The number of rotatable bonds is 1. The summed E-state index contributed by atoms with van der Waals surface area (Å²) < 4.78 is 0. The quantitative estimate of drug-likeness (QED) is 0.733. The Morgan fingerprint density at radius 1 is 1.12 bits per heavy atom. The predicted octanol–water partition coefficient (Wildman–Crippen LogP) is 2.86. The molecule has 0 aromatic carbocycles. The van der Waals surface area contributed by atoms with Gasteiger partial charge in [0.05, 0.1) is 5.56 Å². The maximum atomic E-state index is 12.3. The number of hydrogen-bond donors (Lipinski definition) is 0. The van der Waals surface area contributed by atoms with Gasteiger partial charge in [0.25, 0.3) is 5.91 Å². The van der Waals surface area contributed by atoms with Gasteiger partial charge in [-0.15, -0.1) is 11.3 Å². The zero-order valence-corrected chi connectivity index (χ0v) is 10.3. The summed E-state index contributed by atoms with van der Waals surface area (Å²) in [6.07, 6.45) is 7.21. The topological polar surface area (TPSA) is 20.3 Å². The number of carbonyl (C=O) groups excluding carboxylic acids is 1. The molecule has 2 aliphatic rings. The molecule has 0 N–H and O–H groups in total. The van der Waals surface area contributed by atoms with Crippen LogP contribution in [-0.4, -0.2) is 23.9 Å². The number of hydrogen-bond acceptors (Lipinski definition) is 2. The molecule has 1 aliphatic heterocycles. The minimum atomic E-state index is 0.289. The van der Waals surface area contributed by atoms with E-state index in [-0.39, 0.29) is 5.91 Å². The lowest BCUT2D eigenvalue weighted by Crippen LogP contribution is -2.28. The van der Waals surface area contributed by atoms with E-state index in [1.807, 2.05) is 4.90 Å². The minimum absolute atomic E-state index is 0.289. The molecule has 1 fully saturated rings. The van der Waals surface area contributed by atoms with E-state index in [4.69, 9.17) is 0 Å². The summed E-state index contributed by atoms with van der Waals surface area (Å²) >= 11 is 1.79. The lowest BCUT2D eigenvalue weighted by Gasteiger charge is -2.17. The second kappa shape index (κ2) is 4.21. The minimum Gasteiger partial charge on any atom is -0.339 e. The van der Waals surface area contributed by atoms with Crippen LogP contribution in [0.25, 0.3) is 0 Å².